The van der Waals surface area contributed by atoms with E-state index in [2.05, 4.69) is 33.0 Å². The van der Waals surface area contributed by atoms with Crippen LogP contribution in [0.4, 0.5) is 5.69 Å². The number of fused-ring (bicyclic) bond motifs is 1. The SMILES string of the molecule is CCc1nc2ccccc2c(NC(=O)C[NH+]2CC(C)CC(C)C2)c1C. The lowest BCUT2D eigenvalue weighted by Crippen LogP contribution is -3.15. The van der Waals surface area contributed by atoms with Gasteiger partial charge in [0.25, 0.3) is 5.91 Å². The molecule has 2 heterocycles. The third-order valence-electron chi connectivity index (χ3n) is 5.33. The molecule has 25 heavy (non-hydrogen) atoms. The van der Waals surface area contributed by atoms with Crippen LogP contribution in [0, 0.1) is 18.8 Å². The third kappa shape index (κ3) is 4.01. The number of anilines is 1. The van der Waals surface area contributed by atoms with Crippen molar-refractivity contribution in [1.29, 1.82) is 0 Å². The van der Waals surface area contributed by atoms with Gasteiger partial charge in [0.15, 0.2) is 6.54 Å². The molecule has 1 saturated heterocycles. The van der Waals surface area contributed by atoms with Crippen molar-refractivity contribution >= 4 is 22.5 Å². The molecule has 1 aliphatic rings. The summed E-state index contributed by atoms with van der Waals surface area (Å²) in [7, 11) is 0. The minimum atomic E-state index is 0.109. The summed E-state index contributed by atoms with van der Waals surface area (Å²) in [5.74, 6) is 1.50. The lowest BCUT2D eigenvalue weighted by atomic mass is 9.92. The highest BCUT2D eigenvalue weighted by Gasteiger charge is 2.27. The van der Waals surface area contributed by atoms with Crippen molar-refractivity contribution < 1.29 is 9.69 Å². The predicted molar refractivity (Wildman–Crippen MR) is 103 cm³/mol. The van der Waals surface area contributed by atoms with Gasteiger partial charge in [-0.25, -0.2) is 0 Å². The van der Waals surface area contributed by atoms with Crippen molar-refractivity contribution in [3.63, 3.8) is 0 Å². The highest BCUT2D eigenvalue weighted by molar-refractivity contribution is 6.02. The minimum Gasteiger partial charge on any atom is -0.327 e. The second-order valence-corrected chi connectivity index (χ2v) is 7.76. The maximum atomic E-state index is 12.7. The molecule has 0 aliphatic carbocycles. The zero-order chi connectivity index (χ0) is 18.0. The Morgan fingerprint density at radius 2 is 1.92 bits per heavy atom. The van der Waals surface area contributed by atoms with Crippen molar-refractivity contribution in [1.82, 2.24) is 4.98 Å². The van der Waals surface area contributed by atoms with Crippen LogP contribution in [0.5, 0.6) is 0 Å². The van der Waals surface area contributed by atoms with Crippen LogP contribution in [0.25, 0.3) is 10.9 Å². The first-order valence-corrected chi connectivity index (χ1v) is 9.49. The van der Waals surface area contributed by atoms with Crippen LogP contribution < -0.4 is 10.2 Å². The molecule has 2 N–H and O–H groups in total. The van der Waals surface area contributed by atoms with Crippen LogP contribution in [0.2, 0.25) is 0 Å². The summed E-state index contributed by atoms with van der Waals surface area (Å²) in [5, 5.41) is 4.23. The predicted octanol–water partition coefficient (Wildman–Crippen LogP) is 2.60. The molecule has 4 nitrogen and oxygen atoms in total. The average Bonchev–Trinajstić information content (AvgIpc) is 2.56. The molecule has 0 bridgehead atoms. The maximum absolute atomic E-state index is 12.7. The number of likely N-dealkylation sites (tertiary alicyclic amines) is 1. The zero-order valence-electron chi connectivity index (χ0n) is 15.9. The molecule has 134 valence electrons. The van der Waals surface area contributed by atoms with Crippen molar-refractivity contribution in [2.75, 3.05) is 25.0 Å². The number of pyridine rings is 1. The highest BCUT2D eigenvalue weighted by Crippen LogP contribution is 2.28. The molecule has 1 fully saturated rings. The van der Waals surface area contributed by atoms with E-state index < -0.39 is 0 Å². The molecule has 1 aliphatic heterocycles. The van der Waals surface area contributed by atoms with Gasteiger partial charge in [-0.15, -0.1) is 0 Å². The smallest absolute Gasteiger partial charge is 0.279 e. The van der Waals surface area contributed by atoms with Gasteiger partial charge in [-0.05, 0) is 31.4 Å². The van der Waals surface area contributed by atoms with Gasteiger partial charge in [-0.3, -0.25) is 9.78 Å². The van der Waals surface area contributed by atoms with Gasteiger partial charge in [0, 0.05) is 22.9 Å². The number of para-hydroxylation sites is 1. The Balaban J connectivity index is 1.82. The first kappa shape index (κ1) is 17.9. The van der Waals surface area contributed by atoms with Gasteiger partial charge in [0.1, 0.15) is 0 Å². The number of quaternary nitrogens is 1. The summed E-state index contributed by atoms with van der Waals surface area (Å²) >= 11 is 0. The van der Waals surface area contributed by atoms with Gasteiger partial charge in [-0.1, -0.05) is 39.0 Å². The number of hydrogen-bond acceptors (Lipinski definition) is 2. The molecular weight excluding hydrogens is 310 g/mol. The molecule has 1 amide bonds. The molecule has 4 heteroatoms. The number of nitrogens with one attached hydrogen (secondary N) is 2. The topological polar surface area (TPSA) is 46.4 Å². The highest BCUT2D eigenvalue weighted by atomic mass is 16.2. The van der Waals surface area contributed by atoms with Crippen molar-refractivity contribution in [3.8, 4) is 0 Å². The summed E-state index contributed by atoms with van der Waals surface area (Å²) in [6, 6.07) is 8.06. The first-order chi connectivity index (χ1) is 12.0. The molecule has 1 aromatic heterocycles. The largest absolute Gasteiger partial charge is 0.327 e. The number of nitrogens with zero attached hydrogens (tertiary/aromatic N) is 1. The summed E-state index contributed by atoms with van der Waals surface area (Å²) < 4.78 is 0. The monoisotopic (exact) mass is 340 g/mol. The number of benzene rings is 1. The van der Waals surface area contributed by atoms with Crippen LogP contribution in [-0.2, 0) is 11.2 Å². The fraction of sp³-hybridized carbons (Fsp3) is 0.524. The van der Waals surface area contributed by atoms with Crippen LogP contribution in [0.1, 0.15) is 38.4 Å². The molecule has 1 aromatic carbocycles. The van der Waals surface area contributed by atoms with E-state index in [0.29, 0.717) is 18.4 Å². The van der Waals surface area contributed by atoms with E-state index in [1.807, 2.05) is 24.3 Å². The molecule has 2 unspecified atom stereocenters. The van der Waals surface area contributed by atoms with Gasteiger partial charge in [-0.2, -0.15) is 0 Å². The molecule has 3 rings (SSSR count). The summed E-state index contributed by atoms with van der Waals surface area (Å²) in [5.41, 5.74) is 4.03. The van der Waals surface area contributed by atoms with E-state index >= 15 is 0 Å². The lowest BCUT2D eigenvalue weighted by Gasteiger charge is -2.31. The van der Waals surface area contributed by atoms with Gasteiger partial charge < -0.3 is 10.2 Å². The van der Waals surface area contributed by atoms with E-state index in [-0.39, 0.29) is 5.91 Å². The van der Waals surface area contributed by atoms with Crippen molar-refractivity contribution in [2.45, 2.75) is 40.5 Å². The van der Waals surface area contributed by atoms with E-state index in [1.54, 1.807) is 0 Å². The standard InChI is InChI=1S/C21H29N3O/c1-5-18-16(4)21(17-8-6-7-9-19(17)22-18)23-20(25)13-24-11-14(2)10-15(3)12-24/h6-9,14-15H,5,10-13H2,1-4H3,(H,22,23,25)/p+1. The second-order valence-electron chi connectivity index (χ2n) is 7.76. The summed E-state index contributed by atoms with van der Waals surface area (Å²) in [6.07, 6.45) is 2.14. The Morgan fingerprint density at radius 1 is 1.24 bits per heavy atom. The molecule has 2 aromatic rings. The Labute approximate surface area is 150 Å². The van der Waals surface area contributed by atoms with Crippen LogP contribution in [0.3, 0.4) is 0 Å². The van der Waals surface area contributed by atoms with Crippen molar-refractivity contribution in [2.24, 2.45) is 11.8 Å². The number of aryl methyl sites for hydroxylation is 1. The number of aromatic nitrogens is 1. The maximum Gasteiger partial charge on any atom is 0.279 e. The van der Waals surface area contributed by atoms with Gasteiger partial charge in [0.2, 0.25) is 0 Å². The fourth-order valence-corrected chi connectivity index (χ4v) is 4.34. The molecule has 0 saturated carbocycles. The van der Waals surface area contributed by atoms with Crippen LogP contribution in [-0.4, -0.2) is 30.5 Å². The number of rotatable bonds is 4. The Morgan fingerprint density at radius 3 is 2.60 bits per heavy atom. The second kappa shape index (κ2) is 7.52. The van der Waals surface area contributed by atoms with Gasteiger partial charge in [0.05, 0.1) is 24.3 Å². The lowest BCUT2D eigenvalue weighted by molar-refractivity contribution is -0.904. The van der Waals surface area contributed by atoms with Gasteiger partial charge >= 0.3 is 0 Å². The van der Waals surface area contributed by atoms with E-state index in [4.69, 9.17) is 4.98 Å². The Kier molecular flexibility index (Phi) is 5.38. The van der Waals surface area contributed by atoms with E-state index in [9.17, 15) is 4.79 Å². The summed E-state index contributed by atoms with van der Waals surface area (Å²) in [6.45, 7) is 11.5. The number of carbonyl (C=O) groups is 1. The van der Waals surface area contributed by atoms with E-state index in [0.717, 1.165) is 47.4 Å². The average molecular weight is 340 g/mol. The Bertz CT molecular complexity index is 761. The number of piperidine rings is 1. The minimum absolute atomic E-state index is 0.109. The normalized spacial score (nSPS) is 23.6. The van der Waals surface area contributed by atoms with Crippen LogP contribution >= 0.6 is 0 Å². The van der Waals surface area contributed by atoms with E-state index in [1.165, 1.54) is 11.3 Å². The van der Waals surface area contributed by atoms with Crippen LogP contribution in [0.15, 0.2) is 24.3 Å². The molecular formula is C21H30N3O+. The quantitative estimate of drug-likeness (QED) is 0.899. The van der Waals surface area contributed by atoms with Crippen molar-refractivity contribution in [3.05, 3.63) is 35.5 Å². The Hall–Kier alpha value is -1.94. The third-order valence-corrected chi connectivity index (χ3v) is 5.33. The molecule has 0 spiro atoms. The number of amides is 1. The number of carbonyl (C=O) groups excluding carboxylic acids is 1. The number of hydrogen-bond donors (Lipinski definition) is 2. The first-order valence-electron chi connectivity index (χ1n) is 9.49. The summed E-state index contributed by atoms with van der Waals surface area (Å²) in [4.78, 5) is 18.9. The molecule has 0 radical (unpaired) electrons. The fourth-order valence-electron chi connectivity index (χ4n) is 4.34. The zero-order valence-corrected chi connectivity index (χ0v) is 15.9. The molecule has 2 atom stereocenters.